The number of fused-ring (bicyclic) bond motifs is 1. The minimum atomic E-state index is -0.736. The molecule has 0 amide bonds. The second kappa shape index (κ2) is 9.14. The summed E-state index contributed by atoms with van der Waals surface area (Å²) in [6.07, 6.45) is 15.6. The maximum atomic E-state index is 10.1. The van der Waals surface area contributed by atoms with E-state index in [1.165, 1.54) is 25.7 Å². The van der Waals surface area contributed by atoms with E-state index in [9.17, 15) is 15.3 Å². The Kier molecular flexibility index (Phi) is 7.16. The maximum Gasteiger partial charge on any atom is 0.0811 e. The highest BCUT2D eigenvalue weighted by molar-refractivity contribution is 5.38. The van der Waals surface area contributed by atoms with Gasteiger partial charge in [-0.3, -0.25) is 0 Å². The largest absolute Gasteiger partial charge is 0.393 e. The van der Waals surface area contributed by atoms with Crippen molar-refractivity contribution in [2.24, 2.45) is 23.2 Å². The van der Waals surface area contributed by atoms with Crippen molar-refractivity contribution in [3.8, 4) is 0 Å². The first-order chi connectivity index (χ1) is 14.0. The summed E-state index contributed by atoms with van der Waals surface area (Å²) >= 11 is 0. The van der Waals surface area contributed by atoms with Crippen LogP contribution in [0.3, 0.4) is 0 Å². The van der Waals surface area contributed by atoms with Crippen molar-refractivity contribution < 1.29 is 15.3 Å². The van der Waals surface area contributed by atoms with Gasteiger partial charge in [0.05, 0.1) is 17.8 Å². The molecule has 3 rings (SSSR count). The molecule has 0 spiro atoms. The highest BCUT2D eigenvalue weighted by Gasteiger charge is 2.50. The molecule has 3 aliphatic carbocycles. The van der Waals surface area contributed by atoms with Crippen molar-refractivity contribution in [1.29, 1.82) is 0 Å². The van der Waals surface area contributed by atoms with Gasteiger partial charge in [0.25, 0.3) is 0 Å². The van der Waals surface area contributed by atoms with E-state index in [2.05, 4.69) is 38.7 Å². The molecule has 6 atom stereocenters. The van der Waals surface area contributed by atoms with Gasteiger partial charge >= 0.3 is 0 Å². The van der Waals surface area contributed by atoms with Gasteiger partial charge in [-0.15, -0.1) is 0 Å². The number of hydrogen-bond acceptors (Lipinski definition) is 3. The summed E-state index contributed by atoms with van der Waals surface area (Å²) in [7, 11) is 0. The fourth-order valence-corrected chi connectivity index (χ4v) is 6.41. The van der Waals surface area contributed by atoms with Crippen molar-refractivity contribution in [1.82, 2.24) is 0 Å². The van der Waals surface area contributed by atoms with E-state index in [-0.39, 0.29) is 0 Å². The smallest absolute Gasteiger partial charge is 0.0811 e. The van der Waals surface area contributed by atoms with Gasteiger partial charge < -0.3 is 15.3 Å². The molecular weight excluding hydrogens is 372 g/mol. The number of allylic oxidation sites excluding steroid dienone is 4. The molecule has 0 bridgehead atoms. The predicted molar refractivity (Wildman–Crippen MR) is 124 cm³/mol. The van der Waals surface area contributed by atoms with E-state index in [1.807, 2.05) is 19.9 Å². The van der Waals surface area contributed by atoms with Crippen LogP contribution in [-0.4, -0.2) is 33.1 Å². The Morgan fingerprint density at radius 3 is 2.67 bits per heavy atom. The molecule has 0 unspecified atom stereocenters. The molecule has 3 heteroatoms. The van der Waals surface area contributed by atoms with Crippen LogP contribution in [0.25, 0.3) is 0 Å². The fourth-order valence-electron chi connectivity index (χ4n) is 6.41. The Hall–Kier alpha value is -1.16. The molecule has 0 aromatic rings. The van der Waals surface area contributed by atoms with E-state index in [0.717, 1.165) is 24.0 Å². The zero-order valence-corrected chi connectivity index (χ0v) is 19.4. The highest BCUT2D eigenvalue weighted by atomic mass is 16.3. The second-order valence-electron chi connectivity index (χ2n) is 10.9. The van der Waals surface area contributed by atoms with Crippen molar-refractivity contribution in [3.63, 3.8) is 0 Å². The average molecular weight is 415 g/mol. The molecule has 30 heavy (non-hydrogen) atoms. The van der Waals surface area contributed by atoms with Gasteiger partial charge in [-0.05, 0) is 93.1 Å². The Balaban J connectivity index is 1.74. The van der Waals surface area contributed by atoms with Gasteiger partial charge in [-0.1, -0.05) is 50.3 Å². The summed E-state index contributed by atoms with van der Waals surface area (Å²) in [5.74, 6) is 1.94. The first-order valence-electron chi connectivity index (χ1n) is 11.9. The predicted octanol–water partition coefficient (Wildman–Crippen LogP) is 5.48. The lowest BCUT2D eigenvalue weighted by Crippen LogP contribution is -2.35. The van der Waals surface area contributed by atoms with Crippen LogP contribution in [0.5, 0.6) is 0 Å². The Morgan fingerprint density at radius 1 is 1.23 bits per heavy atom. The summed E-state index contributed by atoms with van der Waals surface area (Å²) in [5, 5.41) is 30.1. The molecule has 3 aliphatic rings. The van der Waals surface area contributed by atoms with E-state index in [4.69, 9.17) is 0 Å². The topological polar surface area (TPSA) is 60.7 Å². The third-order valence-electron chi connectivity index (χ3n) is 8.02. The van der Waals surface area contributed by atoms with E-state index in [1.54, 1.807) is 5.57 Å². The molecular formula is C27H42O3. The van der Waals surface area contributed by atoms with E-state index >= 15 is 0 Å². The average Bonchev–Trinajstić information content (AvgIpc) is 3.00. The normalized spacial score (nSPS) is 39.1. The zero-order valence-electron chi connectivity index (χ0n) is 19.4. The number of rotatable bonds is 5. The molecule has 0 heterocycles. The molecule has 3 saturated carbocycles. The SMILES string of the molecule is C=C1/C(=C\C=C2/CCC[C@]3(C)[C@@H]([C@H](C)C/C=C\C(C)(C)O)CC[C@@H]23)C[C@@H](O)C[C@@H]1O. The first-order valence-corrected chi connectivity index (χ1v) is 11.9. The van der Waals surface area contributed by atoms with Gasteiger partial charge in [-0.2, -0.15) is 0 Å². The summed E-state index contributed by atoms with van der Waals surface area (Å²) in [6, 6.07) is 0. The van der Waals surface area contributed by atoms with Crippen LogP contribution >= 0.6 is 0 Å². The first kappa shape index (κ1) is 23.5. The summed E-state index contributed by atoms with van der Waals surface area (Å²) < 4.78 is 0. The number of aliphatic hydroxyl groups is 3. The Labute approximate surface area is 183 Å². The number of aliphatic hydroxyl groups excluding tert-OH is 2. The van der Waals surface area contributed by atoms with Crippen LogP contribution < -0.4 is 0 Å². The fraction of sp³-hybridized carbons (Fsp3) is 0.704. The van der Waals surface area contributed by atoms with Gasteiger partial charge in [0.2, 0.25) is 0 Å². The quantitative estimate of drug-likeness (QED) is 0.522. The van der Waals surface area contributed by atoms with Gasteiger partial charge in [0.1, 0.15) is 0 Å². The molecule has 0 aliphatic heterocycles. The summed E-state index contributed by atoms with van der Waals surface area (Å²) in [5.41, 5.74) is 2.92. The van der Waals surface area contributed by atoms with Crippen LogP contribution in [-0.2, 0) is 0 Å². The molecule has 3 N–H and O–H groups in total. The lowest BCUT2D eigenvalue weighted by molar-refractivity contribution is 0.0861. The Bertz CT molecular complexity index is 723. The summed E-state index contributed by atoms with van der Waals surface area (Å²) in [6.45, 7) is 12.6. The van der Waals surface area contributed by atoms with Crippen LogP contribution in [0.2, 0.25) is 0 Å². The Morgan fingerprint density at radius 2 is 1.97 bits per heavy atom. The second-order valence-corrected chi connectivity index (χ2v) is 10.9. The molecule has 0 aromatic heterocycles. The lowest BCUT2D eigenvalue weighted by Gasteiger charge is -2.44. The molecule has 168 valence electrons. The minimum absolute atomic E-state index is 0.340. The van der Waals surface area contributed by atoms with Crippen molar-refractivity contribution >= 4 is 0 Å². The van der Waals surface area contributed by atoms with Crippen LogP contribution in [0.15, 0.2) is 47.6 Å². The lowest BCUT2D eigenvalue weighted by atomic mass is 9.61. The van der Waals surface area contributed by atoms with Crippen molar-refractivity contribution in [2.75, 3.05) is 0 Å². The monoisotopic (exact) mass is 414 g/mol. The molecule has 0 radical (unpaired) electrons. The van der Waals surface area contributed by atoms with Gasteiger partial charge in [0.15, 0.2) is 0 Å². The zero-order chi connectivity index (χ0) is 22.1. The standard InChI is InChI=1S/C27H42O3/c1-18(8-6-14-26(3,4)30)23-12-13-24-20(9-7-15-27(23,24)5)10-11-21-16-22(28)17-25(29)19(21)2/h6,10-11,14,18,22-25,28-30H,2,7-9,12-13,15-17H2,1,3-5H3/b14-6-,20-10+,21-11-/t18-,22-,23-,24+,25+,27-/m1/s1. The van der Waals surface area contributed by atoms with E-state index < -0.39 is 17.8 Å². The molecule has 3 nitrogen and oxygen atoms in total. The third kappa shape index (κ3) is 5.18. The van der Waals surface area contributed by atoms with Crippen LogP contribution in [0.1, 0.15) is 79.1 Å². The third-order valence-corrected chi connectivity index (χ3v) is 8.02. The van der Waals surface area contributed by atoms with Crippen LogP contribution in [0, 0.1) is 23.2 Å². The number of hydrogen-bond donors (Lipinski definition) is 3. The van der Waals surface area contributed by atoms with E-state index in [0.29, 0.717) is 36.0 Å². The van der Waals surface area contributed by atoms with Gasteiger partial charge in [-0.25, -0.2) is 0 Å². The van der Waals surface area contributed by atoms with Crippen molar-refractivity contribution in [3.05, 3.63) is 47.6 Å². The molecule has 3 fully saturated rings. The highest BCUT2D eigenvalue weighted by Crippen LogP contribution is 2.59. The molecule has 0 aromatic carbocycles. The van der Waals surface area contributed by atoms with Crippen molar-refractivity contribution in [2.45, 2.75) is 96.9 Å². The minimum Gasteiger partial charge on any atom is -0.393 e. The maximum absolute atomic E-state index is 10.1. The van der Waals surface area contributed by atoms with Gasteiger partial charge in [0, 0.05) is 6.42 Å². The van der Waals surface area contributed by atoms with Crippen LogP contribution in [0.4, 0.5) is 0 Å². The molecule has 0 saturated heterocycles. The summed E-state index contributed by atoms with van der Waals surface area (Å²) in [4.78, 5) is 0.